The van der Waals surface area contributed by atoms with Gasteiger partial charge in [-0.15, -0.1) is 0 Å². The summed E-state index contributed by atoms with van der Waals surface area (Å²) in [6.07, 6.45) is -1.36. The van der Waals surface area contributed by atoms with Gasteiger partial charge in [0.1, 0.15) is 17.7 Å². The molecule has 4 heteroatoms. The predicted molar refractivity (Wildman–Crippen MR) is 82.1 cm³/mol. The van der Waals surface area contributed by atoms with Crippen molar-refractivity contribution in [1.29, 1.82) is 0 Å². The van der Waals surface area contributed by atoms with Crippen molar-refractivity contribution in [2.75, 3.05) is 0 Å². The number of aliphatic hydroxyl groups excluding tert-OH is 1. The van der Waals surface area contributed by atoms with E-state index in [1.165, 1.54) is 0 Å². The van der Waals surface area contributed by atoms with Crippen LogP contribution in [0.2, 0.25) is 0 Å². The van der Waals surface area contributed by atoms with E-state index < -0.39 is 17.7 Å². The molecular weight excluding hydrogens is 338 g/mol. The molecule has 0 bridgehead atoms. The third-order valence-corrected chi connectivity index (χ3v) is 3.89. The van der Waals surface area contributed by atoms with Crippen molar-refractivity contribution in [3.63, 3.8) is 0 Å². The van der Waals surface area contributed by atoms with Gasteiger partial charge in [0.25, 0.3) is 0 Å². The third-order valence-electron chi connectivity index (χ3n) is 3.44. The normalized spacial score (nSPS) is 12.6. The van der Waals surface area contributed by atoms with Gasteiger partial charge in [-0.25, -0.2) is 8.78 Å². The summed E-state index contributed by atoms with van der Waals surface area (Å²) < 4.78 is 28.3. The maximum atomic E-state index is 14.0. The highest BCUT2D eigenvalue weighted by atomic mass is 79.9. The zero-order valence-electron chi connectivity index (χ0n) is 10.9. The molecule has 1 N–H and O–H groups in total. The van der Waals surface area contributed by atoms with Gasteiger partial charge in [-0.05, 0) is 28.5 Å². The molecule has 21 heavy (non-hydrogen) atoms. The second-order valence-electron chi connectivity index (χ2n) is 4.75. The van der Waals surface area contributed by atoms with Crippen LogP contribution in [0.15, 0.2) is 59.1 Å². The van der Waals surface area contributed by atoms with E-state index >= 15 is 0 Å². The molecule has 1 unspecified atom stereocenters. The molecule has 0 amide bonds. The van der Waals surface area contributed by atoms with Gasteiger partial charge < -0.3 is 5.11 Å². The average Bonchev–Trinajstić information content (AvgIpc) is 2.45. The summed E-state index contributed by atoms with van der Waals surface area (Å²) in [7, 11) is 0. The summed E-state index contributed by atoms with van der Waals surface area (Å²) in [5.41, 5.74) is 0.141. The molecule has 0 radical (unpaired) electrons. The number of hydrogen-bond donors (Lipinski definition) is 1. The van der Waals surface area contributed by atoms with Crippen molar-refractivity contribution in [2.45, 2.75) is 6.10 Å². The Bertz CT molecular complexity index is 788. The molecule has 0 spiro atoms. The molecule has 3 rings (SSSR count). The quantitative estimate of drug-likeness (QED) is 0.693. The van der Waals surface area contributed by atoms with Gasteiger partial charge in [0.05, 0.1) is 5.56 Å². The van der Waals surface area contributed by atoms with Crippen LogP contribution in [0, 0.1) is 11.6 Å². The highest BCUT2D eigenvalue weighted by molar-refractivity contribution is 9.10. The monoisotopic (exact) mass is 348 g/mol. The molecule has 1 atom stereocenters. The molecule has 0 fully saturated rings. The summed E-state index contributed by atoms with van der Waals surface area (Å²) in [6, 6.07) is 15.0. The van der Waals surface area contributed by atoms with E-state index in [2.05, 4.69) is 15.9 Å². The Kier molecular flexibility index (Phi) is 3.74. The maximum absolute atomic E-state index is 14.0. The van der Waals surface area contributed by atoms with E-state index in [1.807, 2.05) is 30.3 Å². The van der Waals surface area contributed by atoms with E-state index in [-0.39, 0.29) is 5.56 Å². The van der Waals surface area contributed by atoms with Crippen LogP contribution in [0.25, 0.3) is 10.8 Å². The molecule has 3 aromatic rings. The fourth-order valence-corrected chi connectivity index (χ4v) is 2.86. The Morgan fingerprint density at radius 2 is 1.52 bits per heavy atom. The van der Waals surface area contributed by atoms with E-state index in [9.17, 15) is 13.9 Å². The number of aliphatic hydroxyl groups is 1. The van der Waals surface area contributed by atoms with Crippen molar-refractivity contribution in [2.24, 2.45) is 0 Å². The van der Waals surface area contributed by atoms with Crippen molar-refractivity contribution in [3.8, 4) is 0 Å². The first-order valence-corrected chi connectivity index (χ1v) is 7.17. The number of halogens is 3. The minimum absolute atomic E-state index is 0.298. The molecule has 0 saturated carbocycles. The molecule has 1 nitrogen and oxygen atoms in total. The fourth-order valence-electron chi connectivity index (χ4n) is 2.46. The molecule has 0 heterocycles. The van der Waals surface area contributed by atoms with Crippen molar-refractivity contribution >= 4 is 26.7 Å². The smallest absolute Gasteiger partial charge is 0.133 e. The summed E-state index contributed by atoms with van der Waals surface area (Å²) in [5.74, 6) is -1.55. The molecule has 0 aliphatic heterocycles. The molecule has 0 aliphatic rings. The number of fused-ring (bicyclic) bond motifs is 1. The average molecular weight is 349 g/mol. The van der Waals surface area contributed by atoms with Crippen molar-refractivity contribution in [3.05, 3.63) is 81.8 Å². The van der Waals surface area contributed by atoms with Crippen LogP contribution in [-0.4, -0.2) is 5.11 Å². The maximum Gasteiger partial charge on any atom is 0.133 e. The largest absolute Gasteiger partial charge is 0.383 e. The Labute approximate surface area is 129 Å². The Morgan fingerprint density at radius 1 is 0.905 bits per heavy atom. The van der Waals surface area contributed by atoms with Gasteiger partial charge in [0.15, 0.2) is 0 Å². The highest BCUT2D eigenvalue weighted by Crippen LogP contribution is 2.32. The SMILES string of the molecule is OC(c1c(F)cc(Br)cc1F)c1cccc2ccccc12. The molecular formula is C17H11BrF2O. The topological polar surface area (TPSA) is 20.2 Å². The molecule has 0 saturated heterocycles. The fraction of sp³-hybridized carbons (Fsp3) is 0.0588. The van der Waals surface area contributed by atoms with Crippen molar-refractivity contribution < 1.29 is 13.9 Å². The van der Waals surface area contributed by atoms with Gasteiger partial charge in [-0.3, -0.25) is 0 Å². The number of benzene rings is 3. The van der Waals surface area contributed by atoms with E-state index in [0.717, 1.165) is 22.9 Å². The van der Waals surface area contributed by atoms with E-state index in [0.29, 0.717) is 10.0 Å². The van der Waals surface area contributed by atoms with Crippen LogP contribution in [0.4, 0.5) is 8.78 Å². The third kappa shape index (κ3) is 2.57. The summed E-state index contributed by atoms with van der Waals surface area (Å²) in [6.45, 7) is 0. The zero-order valence-corrected chi connectivity index (χ0v) is 12.4. The number of hydrogen-bond acceptors (Lipinski definition) is 1. The van der Waals surface area contributed by atoms with Crippen LogP contribution in [0.1, 0.15) is 17.2 Å². The van der Waals surface area contributed by atoms with Gasteiger partial charge in [0, 0.05) is 4.47 Å². The molecule has 3 aromatic carbocycles. The van der Waals surface area contributed by atoms with Gasteiger partial charge in [-0.1, -0.05) is 58.4 Å². The summed E-state index contributed by atoms with van der Waals surface area (Å²) in [5, 5.41) is 12.1. The Balaban J connectivity index is 2.20. The van der Waals surface area contributed by atoms with Gasteiger partial charge >= 0.3 is 0 Å². The highest BCUT2D eigenvalue weighted by Gasteiger charge is 2.21. The zero-order chi connectivity index (χ0) is 15.0. The molecule has 0 aromatic heterocycles. The van der Waals surface area contributed by atoms with Crippen LogP contribution < -0.4 is 0 Å². The summed E-state index contributed by atoms with van der Waals surface area (Å²) >= 11 is 3.03. The van der Waals surface area contributed by atoms with E-state index in [1.54, 1.807) is 12.1 Å². The lowest BCUT2D eigenvalue weighted by atomic mass is 9.95. The molecule has 106 valence electrons. The first-order chi connectivity index (χ1) is 10.1. The van der Waals surface area contributed by atoms with Crippen LogP contribution in [0.3, 0.4) is 0 Å². The van der Waals surface area contributed by atoms with Crippen LogP contribution >= 0.6 is 15.9 Å². The lowest BCUT2D eigenvalue weighted by Crippen LogP contribution is -2.06. The Morgan fingerprint density at radius 3 is 2.24 bits per heavy atom. The second kappa shape index (κ2) is 5.54. The standard InChI is InChI=1S/C17H11BrF2O/c18-11-8-14(19)16(15(20)9-11)17(21)13-7-3-5-10-4-1-2-6-12(10)13/h1-9,17,21H. The predicted octanol–water partition coefficient (Wildman–Crippen LogP) is 4.96. The lowest BCUT2D eigenvalue weighted by molar-refractivity contribution is 0.210. The minimum Gasteiger partial charge on any atom is -0.383 e. The lowest BCUT2D eigenvalue weighted by Gasteiger charge is -2.16. The first kappa shape index (κ1) is 14.2. The molecule has 0 aliphatic carbocycles. The van der Waals surface area contributed by atoms with Gasteiger partial charge in [0.2, 0.25) is 0 Å². The second-order valence-corrected chi connectivity index (χ2v) is 5.67. The first-order valence-electron chi connectivity index (χ1n) is 6.38. The van der Waals surface area contributed by atoms with Crippen LogP contribution in [0.5, 0.6) is 0 Å². The van der Waals surface area contributed by atoms with Gasteiger partial charge in [-0.2, -0.15) is 0 Å². The minimum atomic E-state index is -1.36. The van der Waals surface area contributed by atoms with Crippen molar-refractivity contribution in [1.82, 2.24) is 0 Å². The number of rotatable bonds is 2. The Hall–Kier alpha value is -1.78. The van der Waals surface area contributed by atoms with Crippen LogP contribution in [-0.2, 0) is 0 Å². The summed E-state index contributed by atoms with van der Waals surface area (Å²) in [4.78, 5) is 0. The van der Waals surface area contributed by atoms with E-state index in [4.69, 9.17) is 0 Å².